The molecule has 156 valence electrons. The van der Waals surface area contributed by atoms with Gasteiger partial charge in [0.1, 0.15) is 6.04 Å². The zero-order chi connectivity index (χ0) is 21.1. The zero-order valence-corrected chi connectivity index (χ0v) is 17.9. The molecule has 29 heavy (non-hydrogen) atoms. The number of rotatable bonds is 6. The average molecular weight is 398 g/mol. The summed E-state index contributed by atoms with van der Waals surface area (Å²) in [7, 11) is 0. The van der Waals surface area contributed by atoms with Crippen molar-refractivity contribution in [3.8, 4) is 11.3 Å². The number of amides is 2. The van der Waals surface area contributed by atoms with Gasteiger partial charge in [0.2, 0.25) is 5.91 Å². The monoisotopic (exact) mass is 397 g/mol. The van der Waals surface area contributed by atoms with E-state index >= 15 is 0 Å². The third-order valence-electron chi connectivity index (χ3n) is 5.22. The Morgan fingerprint density at radius 1 is 1.17 bits per heavy atom. The summed E-state index contributed by atoms with van der Waals surface area (Å²) in [6, 6.07) is 9.01. The summed E-state index contributed by atoms with van der Waals surface area (Å²) < 4.78 is 5.44. The molecule has 1 aromatic carbocycles. The van der Waals surface area contributed by atoms with Crippen molar-refractivity contribution in [2.45, 2.75) is 59.5 Å². The number of hydrogen-bond acceptors (Lipinski definition) is 4. The van der Waals surface area contributed by atoms with Crippen molar-refractivity contribution >= 4 is 11.8 Å². The van der Waals surface area contributed by atoms with Gasteiger partial charge in [-0.3, -0.25) is 9.59 Å². The van der Waals surface area contributed by atoms with Gasteiger partial charge in [-0.15, -0.1) is 0 Å². The number of carbonyl (C=O) groups is 2. The van der Waals surface area contributed by atoms with E-state index in [-0.39, 0.29) is 23.6 Å². The molecule has 2 aromatic rings. The highest BCUT2D eigenvalue weighted by Gasteiger charge is 2.38. The lowest BCUT2D eigenvalue weighted by Crippen LogP contribution is -2.62. The SMILES string of the molecule is Cc1ccc(-c2cc(C(=O)N3CC(CC(C)C)NC(=O)C3CC(C)C)no2)cc1. The summed E-state index contributed by atoms with van der Waals surface area (Å²) in [5.41, 5.74) is 2.26. The molecule has 1 aliphatic rings. The van der Waals surface area contributed by atoms with Crippen molar-refractivity contribution in [1.29, 1.82) is 0 Å². The summed E-state index contributed by atoms with van der Waals surface area (Å²) in [5.74, 6) is 0.948. The van der Waals surface area contributed by atoms with Gasteiger partial charge in [0.05, 0.1) is 0 Å². The molecule has 0 spiro atoms. The number of benzene rings is 1. The Morgan fingerprint density at radius 2 is 1.83 bits per heavy atom. The van der Waals surface area contributed by atoms with Gasteiger partial charge in [-0.1, -0.05) is 62.7 Å². The van der Waals surface area contributed by atoms with Crippen LogP contribution >= 0.6 is 0 Å². The van der Waals surface area contributed by atoms with Crippen molar-refractivity contribution in [3.05, 3.63) is 41.6 Å². The number of hydrogen-bond donors (Lipinski definition) is 1. The second-order valence-electron chi connectivity index (χ2n) is 8.88. The van der Waals surface area contributed by atoms with Crippen LogP contribution < -0.4 is 5.32 Å². The Hall–Kier alpha value is -2.63. The third-order valence-corrected chi connectivity index (χ3v) is 5.22. The van der Waals surface area contributed by atoms with Crippen LogP contribution in [0.25, 0.3) is 11.3 Å². The van der Waals surface area contributed by atoms with Gasteiger partial charge >= 0.3 is 0 Å². The molecule has 1 saturated heterocycles. The van der Waals surface area contributed by atoms with E-state index in [4.69, 9.17) is 4.52 Å². The van der Waals surface area contributed by atoms with Crippen LogP contribution in [0.4, 0.5) is 0 Å². The van der Waals surface area contributed by atoms with Crippen molar-refractivity contribution in [1.82, 2.24) is 15.4 Å². The molecule has 0 radical (unpaired) electrons. The van der Waals surface area contributed by atoms with E-state index in [2.05, 4.69) is 38.2 Å². The molecule has 0 saturated carbocycles. The Balaban J connectivity index is 1.85. The van der Waals surface area contributed by atoms with Gasteiger partial charge in [0, 0.05) is 24.2 Å². The molecule has 1 aromatic heterocycles. The summed E-state index contributed by atoms with van der Waals surface area (Å²) in [4.78, 5) is 27.8. The van der Waals surface area contributed by atoms with Crippen LogP contribution in [0.5, 0.6) is 0 Å². The van der Waals surface area contributed by atoms with Crippen molar-refractivity contribution in [2.75, 3.05) is 6.54 Å². The lowest BCUT2D eigenvalue weighted by molar-refractivity contribution is -0.130. The molecule has 2 amide bonds. The Labute approximate surface area is 172 Å². The first-order valence-corrected chi connectivity index (χ1v) is 10.4. The topological polar surface area (TPSA) is 75.4 Å². The fraction of sp³-hybridized carbons (Fsp3) is 0.522. The molecule has 0 aliphatic carbocycles. The minimum atomic E-state index is -0.481. The smallest absolute Gasteiger partial charge is 0.276 e. The number of nitrogens with one attached hydrogen (secondary N) is 1. The number of nitrogens with zero attached hydrogens (tertiary/aromatic N) is 2. The second kappa shape index (κ2) is 8.80. The van der Waals surface area contributed by atoms with E-state index in [9.17, 15) is 9.59 Å². The summed E-state index contributed by atoms with van der Waals surface area (Å²) >= 11 is 0. The minimum Gasteiger partial charge on any atom is -0.355 e. The van der Waals surface area contributed by atoms with Crippen LogP contribution in [-0.4, -0.2) is 40.5 Å². The predicted octanol–water partition coefficient (Wildman–Crippen LogP) is 4.05. The third kappa shape index (κ3) is 5.05. The fourth-order valence-corrected chi connectivity index (χ4v) is 3.83. The molecule has 2 heterocycles. The quantitative estimate of drug-likeness (QED) is 0.798. The van der Waals surface area contributed by atoms with Gasteiger partial charge in [0.15, 0.2) is 11.5 Å². The van der Waals surface area contributed by atoms with Gasteiger partial charge in [-0.2, -0.15) is 0 Å². The highest BCUT2D eigenvalue weighted by Crippen LogP contribution is 2.25. The molecular weight excluding hydrogens is 366 g/mol. The molecule has 3 rings (SSSR count). The van der Waals surface area contributed by atoms with E-state index in [1.54, 1.807) is 11.0 Å². The molecular formula is C23H31N3O3. The highest BCUT2D eigenvalue weighted by atomic mass is 16.5. The van der Waals surface area contributed by atoms with Gasteiger partial charge in [-0.25, -0.2) is 0 Å². The van der Waals surface area contributed by atoms with Crippen LogP contribution in [0.1, 0.15) is 56.6 Å². The van der Waals surface area contributed by atoms with Crippen LogP contribution in [0, 0.1) is 18.8 Å². The molecule has 6 nitrogen and oxygen atoms in total. The van der Waals surface area contributed by atoms with Gasteiger partial charge < -0.3 is 14.7 Å². The van der Waals surface area contributed by atoms with E-state index in [1.807, 2.05) is 31.2 Å². The summed E-state index contributed by atoms with van der Waals surface area (Å²) in [6.45, 7) is 10.9. The summed E-state index contributed by atoms with van der Waals surface area (Å²) in [6.07, 6.45) is 1.45. The molecule has 6 heteroatoms. The molecule has 1 fully saturated rings. The van der Waals surface area contributed by atoms with E-state index < -0.39 is 6.04 Å². The lowest BCUT2D eigenvalue weighted by Gasteiger charge is -2.40. The molecule has 2 unspecified atom stereocenters. The molecule has 1 aliphatic heterocycles. The lowest BCUT2D eigenvalue weighted by atomic mass is 9.94. The van der Waals surface area contributed by atoms with Gasteiger partial charge in [0.25, 0.3) is 5.91 Å². The fourth-order valence-electron chi connectivity index (χ4n) is 3.83. The van der Waals surface area contributed by atoms with Gasteiger partial charge in [-0.05, 0) is 31.6 Å². The Kier molecular flexibility index (Phi) is 6.40. The Bertz CT molecular complexity index is 855. The predicted molar refractivity (Wildman–Crippen MR) is 112 cm³/mol. The average Bonchev–Trinajstić information content (AvgIpc) is 3.13. The maximum atomic E-state index is 13.3. The Morgan fingerprint density at radius 3 is 2.45 bits per heavy atom. The first-order valence-electron chi connectivity index (χ1n) is 10.4. The van der Waals surface area contributed by atoms with Crippen LogP contribution in [-0.2, 0) is 4.79 Å². The first-order chi connectivity index (χ1) is 13.7. The molecule has 2 atom stereocenters. The van der Waals surface area contributed by atoms with E-state index in [0.717, 1.165) is 17.5 Å². The number of carbonyl (C=O) groups excluding carboxylic acids is 2. The normalized spacial score (nSPS) is 19.7. The molecule has 1 N–H and O–H groups in total. The second-order valence-corrected chi connectivity index (χ2v) is 8.88. The maximum absolute atomic E-state index is 13.3. The highest BCUT2D eigenvalue weighted by molar-refractivity contribution is 5.97. The van der Waals surface area contributed by atoms with Crippen LogP contribution in [0.3, 0.4) is 0 Å². The molecule has 0 bridgehead atoms. The number of aryl methyl sites for hydroxylation is 1. The number of piperazine rings is 1. The zero-order valence-electron chi connectivity index (χ0n) is 17.9. The van der Waals surface area contributed by atoms with E-state index in [0.29, 0.717) is 30.6 Å². The maximum Gasteiger partial charge on any atom is 0.276 e. The van der Waals surface area contributed by atoms with Crippen LogP contribution in [0.2, 0.25) is 0 Å². The van der Waals surface area contributed by atoms with Crippen molar-refractivity contribution in [2.24, 2.45) is 11.8 Å². The van der Waals surface area contributed by atoms with Crippen LogP contribution in [0.15, 0.2) is 34.9 Å². The number of aromatic nitrogens is 1. The van der Waals surface area contributed by atoms with E-state index in [1.165, 1.54) is 0 Å². The summed E-state index contributed by atoms with van der Waals surface area (Å²) in [5, 5.41) is 7.12. The van der Waals surface area contributed by atoms with Crippen molar-refractivity contribution in [3.63, 3.8) is 0 Å². The first kappa shape index (κ1) is 21.1. The minimum absolute atomic E-state index is 0.0432. The largest absolute Gasteiger partial charge is 0.355 e. The van der Waals surface area contributed by atoms with Crippen molar-refractivity contribution < 1.29 is 14.1 Å². The standard InChI is InChI=1S/C23H31N3O3/c1-14(2)10-18-13-26(20(11-15(3)4)22(27)24-18)23(28)19-12-21(29-25-19)17-8-6-16(5)7-9-17/h6-9,12,14-15,18,20H,10-11,13H2,1-5H3,(H,24,27).